The normalized spacial score (nSPS) is 15.2. The van der Waals surface area contributed by atoms with Gasteiger partial charge in [-0.25, -0.2) is 4.79 Å². The number of aromatic nitrogens is 2. The molecule has 0 unspecified atom stereocenters. The molecule has 0 saturated carbocycles. The van der Waals surface area contributed by atoms with Crippen molar-refractivity contribution in [3.63, 3.8) is 0 Å². The van der Waals surface area contributed by atoms with Crippen molar-refractivity contribution in [2.75, 3.05) is 45.8 Å². The van der Waals surface area contributed by atoms with Crippen LogP contribution in [0.15, 0.2) is 34.7 Å². The Bertz CT molecular complexity index is 691. The highest BCUT2D eigenvalue weighted by Crippen LogP contribution is 2.17. The summed E-state index contributed by atoms with van der Waals surface area (Å²) in [7, 11) is 0. The molecule has 1 aliphatic heterocycles. The Kier molecular flexibility index (Phi) is 6.22. The Balaban J connectivity index is 1.46. The van der Waals surface area contributed by atoms with Crippen molar-refractivity contribution >= 4 is 6.03 Å². The van der Waals surface area contributed by atoms with Crippen molar-refractivity contribution in [3.8, 4) is 11.5 Å². The van der Waals surface area contributed by atoms with E-state index in [-0.39, 0.29) is 6.03 Å². The fourth-order valence-electron chi connectivity index (χ4n) is 3.16. The van der Waals surface area contributed by atoms with Crippen molar-refractivity contribution < 1.29 is 9.21 Å². The molecule has 26 heavy (non-hydrogen) atoms. The summed E-state index contributed by atoms with van der Waals surface area (Å²) in [5.41, 5.74) is 0.940. The number of benzene rings is 1. The first-order valence-corrected chi connectivity index (χ1v) is 9.35. The first kappa shape index (κ1) is 18.4. The van der Waals surface area contributed by atoms with Crippen LogP contribution >= 0.6 is 0 Å². The molecular weight excluding hydrogens is 330 g/mol. The van der Waals surface area contributed by atoms with Gasteiger partial charge in [-0.05, 0) is 26.0 Å². The molecule has 7 nitrogen and oxygen atoms in total. The van der Waals surface area contributed by atoms with Crippen LogP contribution in [0.2, 0.25) is 0 Å². The summed E-state index contributed by atoms with van der Waals surface area (Å²) in [6, 6.07) is 9.95. The van der Waals surface area contributed by atoms with E-state index in [9.17, 15) is 4.79 Å². The largest absolute Gasteiger partial charge is 0.421 e. The summed E-state index contributed by atoms with van der Waals surface area (Å²) in [4.78, 5) is 18.6. The Morgan fingerprint density at radius 1 is 1.08 bits per heavy atom. The zero-order valence-electron chi connectivity index (χ0n) is 15.6. The van der Waals surface area contributed by atoms with E-state index in [2.05, 4.69) is 15.1 Å². The fraction of sp³-hybridized carbons (Fsp3) is 0.526. The van der Waals surface area contributed by atoms with Gasteiger partial charge in [0.25, 0.3) is 0 Å². The first-order chi connectivity index (χ1) is 12.7. The molecule has 140 valence electrons. The highest BCUT2D eigenvalue weighted by Gasteiger charge is 2.24. The number of piperazine rings is 1. The summed E-state index contributed by atoms with van der Waals surface area (Å²) in [5, 5.41) is 8.28. The fourth-order valence-corrected chi connectivity index (χ4v) is 3.16. The van der Waals surface area contributed by atoms with Crippen LogP contribution in [0, 0.1) is 0 Å². The maximum absolute atomic E-state index is 12.4. The quantitative estimate of drug-likeness (QED) is 0.794. The van der Waals surface area contributed by atoms with Gasteiger partial charge in [-0.3, -0.25) is 4.90 Å². The second kappa shape index (κ2) is 8.80. The van der Waals surface area contributed by atoms with Gasteiger partial charge in [-0.1, -0.05) is 18.2 Å². The van der Waals surface area contributed by atoms with Crippen LogP contribution in [-0.2, 0) is 6.42 Å². The Labute approximate surface area is 154 Å². The van der Waals surface area contributed by atoms with E-state index in [1.165, 1.54) is 0 Å². The van der Waals surface area contributed by atoms with Crippen molar-refractivity contribution in [2.24, 2.45) is 0 Å². The Hall–Kier alpha value is -2.41. The lowest BCUT2D eigenvalue weighted by Gasteiger charge is -2.37. The van der Waals surface area contributed by atoms with Crippen LogP contribution < -0.4 is 0 Å². The molecule has 2 heterocycles. The number of amides is 2. The molecule has 1 aromatic carbocycles. The molecule has 0 atom stereocenters. The van der Waals surface area contributed by atoms with E-state index in [1.807, 2.05) is 54.0 Å². The number of urea groups is 1. The molecule has 1 fully saturated rings. The molecular formula is C19H27N5O2. The minimum Gasteiger partial charge on any atom is -0.421 e. The topological polar surface area (TPSA) is 65.7 Å². The molecule has 0 radical (unpaired) electrons. The molecule has 1 saturated heterocycles. The van der Waals surface area contributed by atoms with Gasteiger partial charge < -0.3 is 14.2 Å². The number of carbonyl (C=O) groups excluding carboxylic acids is 1. The van der Waals surface area contributed by atoms with Crippen molar-refractivity contribution in [1.29, 1.82) is 0 Å². The van der Waals surface area contributed by atoms with Gasteiger partial charge in [0, 0.05) is 57.8 Å². The van der Waals surface area contributed by atoms with E-state index >= 15 is 0 Å². The van der Waals surface area contributed by atoms with Crippen molar-refractivity contribution in [3.05, 3.63) is 36.2 Å². The number of nitrogens with zero attached hydrogens (tertiary/aromatic N) is 5. The van der Waals surface area contributed by atoms with Gasteiger partial charge in [0.1, 0.15) is 0 Å². The summed E-state index contributed by atoms with van der Waals surface area (Å²) < 4.78 is 5.76. The van der Waals surface area contributed by atoms with E-state index in [1.54, 1.807) is 0 Å². The average molecular weight is 357 g/mol. The number of rotatable bonds is 6. The molecule has 0 aliphatic carbocycles. The summed E-state index contributed by atoms with van der Waals surface area (Å²) >= 11 is 0. The zero-order chi connectivity index (χ0) is 18.4. The highest BCUT2D eigenvalue weighted by atomic mass is 16.4. The highest BCUT2D eigenvalue weighted by molar-refractivity contribution is 5.74. The average Bonchev–Trinajstić information content (AvgIpc) is 3.17. The molecule has 7 heteroatoms. The molecule has 2 amide bonds. The molecule has 2 aromatic rings. The Morgan fingerprint density at radius 2 is 1.77 bits per heavy atom. The van der Waals surface area contributed by atoms with Crippen LogP contribution in [-0.4, -0.2) is 76.7 Å². The molecule has 0 spiro atoms. The van der Waals surface area contributed by atoms with E-state index in [0.717, 1.165) is 57.8 Å². The van der Waals surface area contributed by atoms with Crippen molar-refractivity contribution in [2.45, 2.75) is 20.3 Å². The molecule has 0 bridgehead atoms. The number of hydrogen-bond acceptors (Lipinski definition) is 5. The summed E-state index contributed by atoms with van der Waals surface area (Å²) in [6.07, 6.45) is 0.726. The molecule has 0 N–H and O–H groups in total. The zero-order valence-corrected chi connectivity index (χ0v) is 15.6. The van der Waals surface area contributed by atoms with Gasteiger partial charge >= 0.3 is 6.03 Å². The third kappa shape index (κ3) is 4.40. The lowest BCUT2D eigenvalue weighted by Crippen LogP contribution is -2.53. The smallest absolute Gasteiger partial charge is 0.320 e. The van der Waals surface area contributed by atoms with Crippen LogP contribution in [0.3, 0.4) is 0 Å². The first-order valence-electron chi connectivity index (χ1n) is 9.35. The van der Waals surface area contributed by atoms with Crippen LogP contribution in [0.25, 0.3) is 11.5 Å². The van der Waals surface area contributed by atoms with Crippen LogP contribution in [0.4, 0.5) is 4.79 Å². The summed E-state index contributed by atoms with van der Waals surface area (Å²) in [6.45, 7) is 9.73. The van der Waals surface area contributed by atoms with Gasteiger partial charge in [0.2, 0.25) is 11.8 Å². The third-order valence-electron chi connectivity index (χ3n) is 4.81. The van der Waals surface area contributed by atoms with Gasteiger partial charge in [0.05, 0.1) is 0 Å². The second-order valence-electron chi connectivity index (χ2n) is 6.40. The van der Waals surface area contributed by atoms with Crippen molar-refractivity contribution in [1.82, 2.24) is 24.9 Å². The maximum atomic E-state index is 12.4. The minimum absolute atomic E-state index is 0.152. The third-order valence-corrected chi connectivity index (χ3v) is 4.81. The van der Waals surface area contributed by atoms with Crippen LogP contribution in [0.5, 0.6) is 0 Å². The van der Waals surface area contributed by atoms with Gasteiger partial charge in [-0.2, -0.15) is 0 Å². The minimum atomic E-state index is 0.152. The van der Waals surface area contributed by atoms with E-state index < -0.39 is 0 Å². The molecule has 3 rings (SSSR count). The summed E-state index contributed by atoms with van der Waals surface area (Å²) in [5.74, 6) is 1.22. The number of carbonyl (C=O) groups is 1. The lowest BCUT2D eigenvalue weighted by atomic mass is 10.2. The second-order valence-corrected chi connectivity index (χ2v) is 6.40. The maximum Gasteiger partial charge on any atom is 0.320 e. The molecule has 1 aliphatic rings. The predicted molar refractivity (Wildman–Crippen MR) is 99.8 cm³/mol. The van der Waals surface area contributed by atoms with Gasteiger partial charge in [-0.15, -0.1) is 10.2 Å². The van der Waals surface area contributed by atoms with Gasteiger partial charge in [0.15, 0.2) is 0 Å². The monoisotopic (exact) mass is 357 g/mol. The predicted octanol–water partition coefficient (Wildman–Crippen LogP) is 2.36. The van der Waals surface area contributed by atoms with E-state index in [0.29, 0.717) is 11.8 Å². The molecule has 1 aromatic heterocycles. The Morgan fingerprint density at radius 3 is 2.42 bits per heavy atom. The standard InChI is InChI=1S/C19H27N5O2/c1-3-23(4-2)19(25)24-14-12-22(13-15-24)11-10-17-20-21-18(26-17)16-8-6-5-7-9-16/h5-9H,3-4,10-15H2,1-2H3. The van der Waals surface area contributed by atoms with Crippen LogP contribution in [0.1, 0.15) is 19.7 Å². The number of hydrogen-bond donors (Lipinski definition) is 0. The SMILES string of the molecule is CCN(CC)C(=O)N1CCN(CCc2nnc(-c3ccccc3)o2)CC1. The van der Waals surface area contributed by atoms with E-state index in [4.69, 9.17) is 4.42 Å². The lowest BCUT2D eigenvalue weighted by molar-refractivity contribution is 0.115.